The van der Waals surface area contributed by atoms with Gasteiger partial charge in [-0.3, -0.25) is 19.2 Å². The van der Waals surface area contributed by atoms with Gasteiger partial charge in [0.25, 0.3) is 11.1 Å². The number of halogens is 2. The first-order chi connectivity index (χ1) is 31.5. The van der Waals surface area contributed by atoms with Gasteiger partial charge in [-0.2, -0.15) is 4.98 Å². The standard InChI is InChI=1S/C48H51Cl2N9O7/c1-6-28-7-9-29(10-8-28)42-54-36(41(50)44(55-42)53-33-12-14-38-31(20-33)21-39(45(62)57(38)4)65-25-27(2)60)23-34(61)26-66-40-22-30-19-32(11-13-37(30)58(5)46(40)63)52-43-35(49)24-51-47(56-43)59-17-15-48(3,64)16-18-59/h9,11-14,19-22,24,28,64H,6-8,10,15-18,23,25-26H2,1-5H3,(H,51,52,56)(H,53,54,55). The molecule has 3 N–H and O–H groups in total. The maximum atomic E-state index is 13.7. The number of pyridine rings is 2. The Labute approximate surface area is 390 Å². The molecule has 8 rings (SSSR count). The zero-order valence-electron chi connectivity index (χ0n) is 37.4. The van der Waals surface area contributed by atoms with Crippen LogP contribution in [-0.4, -0.2) is 77.6 Å². The van der Waals surface area contributed by atoms with E-state index in [1.807, 2.05) is 30.0 Å². The number of carbonyl (C=O) groups is 2. The molecule has 2 aliphatic rings. The Bertz CT molecular complexity index is 3030. The first kappa shape index (κ1) is 46.2. The van der Waals surface area contributed by atoms with Crippen molar-refractivity contribution in [3.63, 3.8) is 0 Å². The number of aliphatic hydroxyl groups is 1. The minimum Gasteiger partial charge on any atom is -0.480 e. The number of Topliss-reactive ketones (excluding diaryl/α,β-unsaturated/α-hetero) is 2. The Morgan fingerprint density at radius 3 is 2.05 bits per heavy atom. The van der Waals surface area contributed by atoms with Crippen LogP contribution in [0, 0.1) is 5.92 Å². The number of aromatic nitrogens is 6. The minimum absolute atomic E-state index is 0.0165. The van der Waals surface area contributed by atoms with Crippen LogP contribution in [0.1, 0.15) is 70.8 Å². The fourth-order valence-electron chi connectivity index (χ4n) is 8.20. The number of benzene rings is 2. The van der Waals surface area contributed by atoms with E-state index in [4.69, 9.17) is 42.6 Å². The second-order valence-corrected chi connectivity index (χ2v) is 18.1. The van der Waals surface area contributed by atoms with E-state index in [0.717, 1.165) is 31.3 Å². The molecule has 0 spiro atoms. The lowest BCUT2D eigenvalue weighted by Gasteiger charge is -2.35. The van der Waals surface area contributed by atoms with Crippen molar-refractivity contribution in [1.29, 1.82) is 0 Å². The van der Waals surface area contributed by atoms with Gasteiger partial charge in [-0.25, -0.2) is 15.0 Å². The van der Waals surface area contributed by atoms with E-state index in [1.165, 1.54) is 22.3 Å². The van der Waals surface area contributed by atoms with Gasteiger partial charge in [0, 0.05) is 49.3 Å². The smallest absolute Gasteiger partial charge is 0.293 e. The molecular weight excluding hydrogens is 885 g/mol. The third-order valence-corrected chi connectivity index (χ3v) is 12.9. The summed E-state index contributed by atoms with van der Waals surface area (Å²) >= 11 is 13.5. The Hall–Kier alpha value is -6.36. The summed E-state index contributed by atoms with van der Waals surface area (Å²) in [4.78, 5) is 72.5. The van der Waals surface area contributed by atoms with E-state index < -0.39 is 17.8 Å². The van der Waals surface area contributed by atoms with Gasteiger partial charge in [0.1, 0.15) is 23.3 Å². The molecule has 2 aromatic carbocycles. The lowest BCUT2D eigenvalue weighted by molar-refractivity contribution is -0.120. The normalized spacial score (nSPS) is 16.0. The summed E-state index contributed by atoms with van der Waals surface area (Å²) < 4.78 is 14.4. The number of ether oxygens (including phenoxy) is 2. The lowest BCUT2D eigenvalue weighted by atomic mass is 9.87. The van der Waals surface area contributed by atoms with Crippen LogP contribution in [0.15, 0.2) is 70.4 Å². The number of hydrogen-bond acceptors (Lipinski definition) is 14. The van der Waals surface area contributed by atoms with E-state index in [9.17, 15) is 24.3 Å². The summed E-state index contributed by atoms with van der Waals surface area (Å²) in [5.74, 6) is 1.65. The van der Waals surface area contributed by atoms with Gasteiger partial charge in [-0.05, 0) is 106 Å². The molecule has 5 heterocycles. The van der Waals surface area contributed by atoms with Crippen LogP contribution < -0.4 is 36.1 Å². The molecule has 16 nitrogen and oxygen atoms in total. The summed E-state index contributed by atoms with van der Waals surface area (Å²) in [5, 5.41) is 18.8. The van der Waals surface area contributed by atoms with Crippen molar-refractivity contribution in [2.45, 2.75) is 71.3 Å². The number of allylic oxidation sites excluding steroid dienone is 2. The second kappa shape index (κ2) is 19.2. The molecule has 1 unspecified atom stereocenters. The van der Waals surface area contributed by atoms with Crippen molar-refractivity contribution in [2.24, 2.45) is 20.0 Å². The van der Waals surface area contributed by atoms with E-state index >= 15 is 0 Å². The number of carbonyl (C=O) groups excluding carboxylic acids is 2. The summed E-state index contributed by atoms with van der Waals surface area (Å²) in [6.45, 7) is 5.94. The number of nitrogens with zero attached hydrogens (tertiary/aromatic N) is 7. The monoisotopic (exact) mass is 935 g/mol. The molecule has 1 saturated heterocycles. The third kappa shape index (κ3) is 10.2. The first-order valence-corrected chi connectivity index (χ1v) is 22.7. The molecule has 6 aromatic rings. The summed E-state index contributed by atoms with van der Waals surface area (Å²) in [6, 6.07) is 14.0. The molecule has 344 valence electrons. The van der Waals surface area contributed by atoms with Gasteiger partial charge in [0.2, 0.25) is 5.95 Å². The molecule has 0 saturated carbocycles. The number of piperidine rings is 1. The van der Waals surface area contributed by atoms with E-state index in [2.05, 4.69) is 33.6 Å². The molecule has 18 heteroatoms. The van der Waals surface area contributed by atoms with Gasteiger partial charge in [0.15, 0.2) is 40.5 Å². The van der Waals surface area contributed by atoms with Gasteiger partial charge >= 0.3 is 0 Å². The fourth-order valence-corrected chi connectivity index (χ4v) is 8.54. The molecule has 0 amide bonds. The van der Waals surface area contributed by atoms with Gasteiger partial charge in [-0.15, -0.1) is 0 Å². The number of hydrogen-bond donors (Lipinski definition) is 3. The quantitative estimate of drug-likeness (QED) is 0.0900. The van der Waals surface area contributed by atoms with Crippen LogP contribution in [0.4, 0.5) is 29.0 Å². The predicted molar refractivity (Wildman–Crippen MR) is 257 cm³/mol. The SMILES string of the molecule is CCC1CC=C(c2nc(CC(=O)COc3cc4cc(Nc5nc(N6CCC(C)(O)CC6)ncc5Cl)ccc4n(C)c3=O)c(Cl)c(Nc3ccc4c(c3)cc(OCC(C)=O)c(=O)n4C)n2)CC1. The molecular formula is C48H51Cl2N9O7. The molecule has 1 fully saturated rings. The van der Waals surface area contributed by atoms with Crippen LogP contribution in [0.25, 0.3) is 27.4 Å². The summed E-state index contributed by atoms with van der Waals surface area (Å²) in [5.41, 5.74) is 2.26. The zero-order chi connectivity index (χ0) is 46.9. The number of rotatable bonds is 15. The molecule has 0 bridgehead atoms. The van der Waals surface area contributed by atoms with Gasteiger partial charge in [-0.1, -0.05) is 42.6 Å². The molecule has 1 atom stereocenters. The maximum Gasteiger partial charge on any atom is 0.293 e. The molecule has 0 radical (unpaired) electrons. The van der Waals surface area contributed by atoms with Crippen LogP contribution in [0.5, 0.6) is 11.5 Å². The topological polar surface area (TPSA) is 196 Å². The van der Waals surface area contributed by atoms with Gasteiger partial charge < -0.3 is 39.2 Å². The number of fused-ring (bicyclic) bond motifs is 2. The molecule has 1 aliphatic carbocycles. The highest BCUT2D eigenvalue weighted by Crippen LogP contribution is 2.35. The van der Waals surface area contributed by atoms with Crippen molar-refractivity contribution in [1.82, 2.24) is 29.1 Å². The van der Waals surface area contributed by atoms with Crippen LogP contribution in [0.3, 0.4) is 0 Å². The van der Waals surface area contributed by atoms with E-state index in [0.29, 0.717) is 93.3 Å². The first-order valence-electron chi connectivity index (χ1n) is 21.9. The highest BCUT2D eigenvalue weighted by atomic mass is 35.5. The van der Waals surface area contributed by atoms with Crippen molar-refractivity contribution >= 4 is 91.1 Å². The van der Waals surface area contributed by atoms with Gasteiger partial charge in [0.05, 0.1) is 34.9 Å². The number of nitrogens with one attached hydrogen (secondary N) is 2. The second-order valence-electron chi connectivity index (χ2n) is 17.3. The summed E-state index contributed by atoms with van der Waals surface area (Å²) in [7, 11) is 3.26. The fraction of sp³-hybridized carbons (Fsp3) is 0.375. The Kier molecular flexibility index (Phi) is 13.5. The zero-order valence-corrected chi connectivity index (χ0v) is 38.9. The van der Waals surface area contributed by atoms with Crippen LogP contribution >= 0.6 is 23.2 Å². The lowest BCUT2D eigenvalue weighted by Crippen LogP contribution is -2.43. The van der Waals surface area contributed by atoms with Crippen LogP contribution in [0.2, 0.25) is 10.0 Å². The summed E-state index contributed by atoms with van der Waals surface area (Å²) in [6.07, 6.45) is 8.37. The number of aryl methyl sites for hydroxylation is 2. The van der Waals surface area contributed by atoms with E-state index in [-0.39, 0.29) is 52.5 Å². The Morgan fingerprint density at radius 1 is 0.864 bits per heavy atom. The Balaban J connectivity index is 1.02. The number of ketones is 2. The number of anilines is 5. The largest absolute Gasteiger partial charge is 0.480 e. The average Bonchev–Trinajstić information content (AvgIpc) is 3.29. The van der Waals surface area contributed by atoms with Crippen molar-refractivity contribution in [3.05, 3.63) is 103 Å². The Morgan fingerprint density at radius 2 is 1.47 bits per heavy atom. The molecule has 66 heavy (non-hydrogen) atoms. The van der Waals surface area contributed by atoms with Crippen molar-refractivity contribution in [2.75, 3.05) is 41.8 Å². The van der Waals surface area contributed by atoms with Crippen LogP contribution in [-0.2, 0) is 30.1 Å². The van der Waals surface area contributed by atoms with Crippen molar-refractivity contribution < 1.29 is 24.2 Å². The minimum atomic E-state index is -0.721. The highest BCUT2D eigenvalue weighted by molar-refractivity contribution is 6.34. The highest BCUT2D eigenvalue weighted by Gasteiger charge is 2.29. The third-order valence-electron chi connectivity index (χ3n) is 12.3. The van der Waals surface area contributed by atoms with Crippen molar-refractivity contribution in [3.8, 4) is 11.5 Å². The molecule has 4 aromatic heterocycles. The maximum absolute atomic E-state index is 13.7. The van der Waals surface area contributed by atoms with E-state index in [1.54, 1.807) is 44.4 Å². The average molecular weight is 937 g/mol. The predicted octanol–water partition coefficient (Wildman–Crippen LogP) is 7.87. The molecule has 1 aliphatic heterocycles.